The molecule has 31 heavy (non-hydrogen) atoms. The van der Waals surface area contributed by atoms with E-state index in [1.807, 2.05) is 51.1 Å². The highest BCUT2D eigenvalue weighted by Crippen LogP contribution is 2.19. The van der Waals surface area contributed by atoms with Crippen molar-refractivity contribution in [1.29, 1.82) is 0 Å². The van der Waals surface area contributed by atoms with Crippen LogP contribution in [0, 0.1) is 0 Å². The molecule has 172 valence electrons. The second-order valence-electron chi connectivity index (χ2n) is 8.92. The number of hydrogen-bond acceptors (Lipinski definition) is 5. The summed E-state index contributed by atoms with van der Waals surface area (Å²) in [5.41, 5.74) is 6.03. The largest absolute Gasteiger partial charge is 0.444 e. The summed E-state index contributed by atoms with van der Waals surface area (Å²) in [6, 6.07) is 8.86. The molecule has 0 aromatic heterocycles. The number of nitrogens with one attached hydrogen (secondary N) is 2. The van der Waals surface area contributed by atoms with Gasteiger partial charge >= 0.3 is 6.09 Å². The van der Waals surface area contributed by atoms with Crippen LogP contribution < -0.4 is 16.4 Å². The van der Waals surface area contributed by atoms with E-state index in [-0.39, 0.29) is 5.91 Å². The number of unbranched alkanes of at least 4 members (excludes halogenated alkanes) is 1. The Bertz CT molecular complexity index is 733. The van der Waals surface area contributed by atoms with Crippen molar-refractivity contribution in [2.24, 2.45) is 5.73 Å². The standard InChI is InChI=1S/C23H36N4O4/c1-23(2,3)31-22(30)26-14-8-7-13-25-18(16-17-10-5-4-6-11-17)21(29)27-15-9-12-19(27)20(24)28/h4-6,10-11,18-19,25H,7-9,12-16H2,1-3H3,(H2,24,28)(H,26,30)/t18-,19+/m1/s1. The molecule has 1 aromatic carbocycles. The first-order chi connectivity index (χ1) is 14.7. The van der Waals surface area contributed by atoms with Crippen LogP contribution in [-0.2, 0) is 20.7 Å². The zero-order valence-corrected chi connectivity index (χ0v) is 18.9. The molecular formula is C23H36N4O4. The molecule has 2 atom stereocenters. The third-order valence-corrected chi connectivity index (χ3v) is 5.11. The molecule has 8 heteroatoms. The highest BCUT2D eigenvalue weighted by atomic mass is 16.6. The molecule has 1 fully saturated rings. The Morgan fingerprint density at radius 3 is 2.48 bits per heavy atom. The third-order valence-electron chi connectivity index (χ3n) is 5.11. The maximum atomic E-state index is 13.2. The minimum Gasteiger partial charge on any atom is -0.444 e. The van der Waals surface area contributed by atoms with Gasteiger partial charge in [0.05, 0.1) is 6.04 Å². The van der Waals surface area contributed by atoms with Crippen molar-refractivity contribution in [3.8, 4) is 0 Å². The number of nitrogens with zero attached hydrogens (tertiary/aromatic N) is 1. The Hall–Kier alpha value is -2.61. The summed E-state index contributed by atoms with van der Waals surface area (Å²) < 4.78 is 5.21. The lowest BCUT2D eigenvalue weighted by molar-refractivity contribution is -0.139. The van der Waals surface area contributed by atoms with Gasteiger partial charge in [0.25, 0.3) is 0 Å². The number of ether oxygens (including phenoxy) is 1. The molecular weight excluding hydrogens is 396 g/mol. The van der Waals surface area contributed by atoms with Gasteiger partial charge in [0.2, 0.25) is 11.8 Å². The Labute approximate surface area is 184 Å². The second kappa shape index (κ2) is 11.7. The van der Waals surface area contributed by atoms with Gasteiger partial charge in [-0.25, -0.2) is 4.79 Å². The van der Waals surface area contributed by atoms with Crippen molar-refractivity contribution in [2.45, 2.75) is 70.6 Å². The maximum Gasteiger partial charge on any atom is 0.407 e. The molecule has 3 amide bonds. The molecule has 1 heterocycles. The summed E-state index contributed by atoms with van der Waals surface area (Å²) in [6.07, 6.45) is 3.06. The van der Waals surface area contributed by atoms with Crippen LogP contribution in [0.1, 0.15) is 52.0 Å². The first kappa shape index (κ1) is 24.7. The van der Waals surface area contributed by atoms with Crippen LogP contribution in [0.15, 0.2) is 30.3 Å². The van der Waals surface area contributed by atoms with E-state index in [0.717, 1.165) is 24.8 Å². The number of primary amides is 1. The average molecular weight is 433 g/mol. The smallest absolute Gasteiger partial charge is 0.407 e. The number of benzene rings is 1. The van der Waals surface area contributed by atoms with Crippen molar-refractivity contribution >= 4 is 17.9 Å². The topological polar surface area (TPSA) is 114 Å². The van der Waals surface area contributed by atoms with E-state index in [1.165, 1.54) is 0 Å². The lowest BCUT2D eigenvalue weighted by Gasteiger charge is -2.28. The van der Waals surface area contributed by atoms with Crippen LogP contribution in [0.25, 0.3) is 0 Å². The predicted octanol–water partition coefficient (Wildman–Crippen LogP) is 1.97. The summed E-state index contributed by atoms with van der Waals surface area (Å²) >= 11 is 0. The fraction of sp³-hybridized carbons (Fsp3) is 0.609. The molecule has 1 aromatic rings. The van der Waals surface area contributed by atoms with Gasteiger partial charge in [-0.05, 0) is 65.0 Å². The van der Waals surface area contributed by atoms with Gasteiger partial charge in [0.1, 0.15) is 11.6 Å². The quantitative estimate of drug-likeness (QED) is 0.489. The van der Waals surface area contributed by atoms with E-state index < -0.39 is 29.7 Å². The van der Waals surface area contributed by atoms with Crippen molar-refractivity contribution in [1.82, 2.24) is 15.5 Å². The number of carbonyl (C=O) groups excluding carboxylic acids is 3. The number of nitrogens with two attached hydrogens (primary N) is 1. The molecule has 0 saturated carbocycles. The summed E-state index contributed by atoms with van der Waals surface area (Å²) in [6.45, 7) is 7.15. The monoisotopic (exact) mass is 432 g/mol. The van der Waals surface area contributed by atoms with Crippen LogP contribution in [0.5, 0.6) is 0 Å². The predicted molar refractivity (Wildman–Crippen MR) is 119 cm³/mol. The molecule has 1 aliphatic rings. The lowest BCUT2D eigenvalue weighted by atomic mass is 10.0. The second-order valence-corrected chi connectivity index (χ2v) is 8.92. The summed E-state index contributed by atoms with van der Waals surface area (Å²) in [7, 11) is 0. The fourth-order valence-corrected chi connectivity index (χ4v) is 3.65. The van der Waals surface area contributed by atoms with E-state index in [1.54, 1.807) is 4.90 Å². The molecule has 1 saturated heterocycles. The van der Waals surface area contributed by atoms with E-state index in [2.05, 4.69) is 10.6 Å². The average Bonchev–Trinajstić information content (AvgIpc) is 3.19. The number of rotatable bonds is 10. The van der Waals surface area contributed by atoms with Crippen molar-refractivity contribution in [3.63, 3.8) is 0 Å². The van der Waals surface area contributed by atoms with Gasteiger partial charge in [0, 0.05) is 13.1 Å². The highest BCUT2D eigenvalue weighted by molar-refractivity contribution is 5.89. The number of alkyl carbamates (subject to hydrolysis) is 1. The Morgan fingerprint density at radius 2 is 1.84 bits per heavy atom. The van der Waals surface area contributed by atoms with E-state index in [0.29, 0.717) is 32.5 Å². The van der Waals surface area contributed by atoms with Crippen LogP contribution >= 0.6 is 0 Å². The summed E-state index contributed by atoms with van der Waals surface area (Å²) in [5.74, 6) is -0.533. The highest BCUT2D eigenvalue weighted by Gasteiger charge is 2.35. The van der Waals surface area contributed by atoms with E-state index in [4.69, 9.17) is 10.5 Å². The third kappa shape index (κ3) is 8.57. The molecule has 0 spiro atoms. The zero-order valence-electron chi connectivity index (χ0n) is 18.9. The number of likely N-dealkylation sites (tertiary alicyclic amines) is 1. The minimum absolute atomic E-state index is 0.0861. The SMILES string of the molecule is CC(C)(C)OC(=O)NCCCCN[C@H](Cc1ccccc1)C(=O)N1CCC[C@H]1C(N)=O. The molecule has 0 aliphatic carbocycles. The molecule has 4 N–H and O–H groups in total. The Balaban J connectivity index is 1.86. The maximum absolute atomic E-state index is 13.2. The number of amides is 3. The summed E-state index contributed by atoms with van der Waals surface area (Å²) in [5, 5.41) is 6.08. The van der Waals surface area contributed by atoms with Crippen molar-refractivity contribution in [3.05, 3.63) is 35.9 Å². The number of hydrogen-bond donors (Lipinski definition) is 3. The Morgan fingerprint density at radius 1 is 1.16 bits per heavy atom. The van der Waals surface area contributed by atoms with Crippen LogP contribution in [0.4, 0.5) is 4.79 Å². The zero-order chi connectivity index (χ0) is 22.9. The number of carbonyl (C=O) groups is 3. The molecule has 2 rings (SSSR count). The molecule has 0 bridgehead atoms. The first-order valence-electron chi connectivity index (χ1n) is 11.0. The minimum atomic E-state index is -0.523. The molecule has 1 aliphatic heterocycles. The Kier molecular flexibility index (Phi) is 9.30. The van der Waals surface area contributed by atoms with Crippen molar-refractivity contribution in [2.75, 3.05) is 19.6 Å². The van der Waals surface area contributed by atoms with Gasteiger partial charge in [-0.1, -0.05) is 30.3 Å². The van der Waals surface area contributed by atoms with Crippen LogP contribution in [-0.4, -0.2) is 60.1 Å². The van der Waals surface area contributed by atoms with Crippen LogP contribution in [0.2, 0.25) is 0 Å². The van der Waals surface area contributed by atoms with Gasteiger partial charge in [-0.2, -0.15) is 0 Å². The van der Waals surface area contributed by atoms with E-state index in [9.17, 15) is 14.4 Å². The molecule has 0 unspecified atom stereocenters. The van der Waals surface area contributed by atoms with Gasteiger partial charge in [-0.3, -0.25) is 9.59 Å². The van der Waals surface area contributed by atoms with Gasteiger partial charge in [0.15, 0.2) is 0 Å². The molecule has 8 nitrogen and oxygen atoms in total. The van der Waals surface area contributed by atoms with Gasteiger partial charge < -0.3 is 26.0 Å². The normalized spacial score (nSPS) is 17.3. The lowest BCUT2D eigenvalue weighted by Crippen LogP contribution is -2.52. The van der Waals surface area contributed by atoms with E-state index >= 15 is 0 Å². The molecule has 0 radical (unpaired) electrons. The van der Waals surface area contributed by atoms with Crippen LogP contribution in [0.3, 0.4) is 0 Å². The first-order valence-corrected chi connectivity index (χ1v) is 11.0. The van der Waals surface area contributed by atoms with Gasteiger partial charge in [-0.15, -0.1) is 0 Å². The van der Waals surface area contributed by atoms with Crippen molar-refractivity contribution < 1.29 is 19.1 Å². The summed E-state index contributed by atoms with van der Waals surface area (Å²) in [4.78, 5) is 38.2. The fourth-order valence-electron chi connectivity index (χ4n) is 3.65.